The zero-order valence-corrected chi connectivity index (χ0v) is 18.2. The number of quaternary nitrogens is 1. The van der Waals surface area contributed by atoms with Gasteiger partial charge in [0.1, 0.15) is 0 Å². The molecule has 1 N–H and O–H groups in total. The number of hydrogen-bond acceptors (Lipinski definition) is 1. The Morgan fingerprint density at radius 3 is 2.27 bits per heavy atom. The number of piperidine rings is 1. The number of likely N-dealkylation sites (tertiary alicyclic amines) is 1. The van der Waals surface area contributed by atoms with Crippen LogP contribution in [-0.2, 0) is 12.0 Å². The van der Waals surface area contributed by atoms with Crippen molar-refractivity contribution in [2.45, 2.75) is 69.7 Å². The van der Waals surface area contributed by atoms with Crippen LogP contribution in [0.5, 0.6) is 0 Å². The molecule has 4 nitrogen and oxygen atoms in total. The van der Waals surface area contributed by atoms with Gasteiger partial charge in [0, 0.05) is 11.6 Å². The van der Waals surface area contributed by atoms with Crippen molar-refractivity contribution < 1.29 is 4.90 Å². The molecule has 3 heterocycles. The number of benzene rings is 1. The fraction of sp³-hybridized carbons (Fsp3) is 0.654. The number of nitrogens with one attached hydrogen (secondary N) is 1. The topological polar surface area (TPSA) is 26.7 Å². The lowest BCUT2D eigenvalue weighted by molar-refractivity contribution is -0.905. The van der Waals surface area contributed by atoms with E-state index in [0.29, 0.717) is 5.41 Å². The largest absolute Gasteiger partial charge is 0.333 e. The molecule has 0 radical (unpaired) electrons. The lowest BCUT2D eigenvalue weighted by atomic mass is 9.49. The van der Waals surface area contributed by atoms with E-state index in [0.717, 1.165) is 24.3 Å². The predicted octanol–water partition coefficient (Wildman–Crippen LogP) is 3.83. The van der Waals surface area contributed by atoms with Gasteiger partial charge in [0.15, 0.2) is 0 Å². The van der Waals surface area contributed by atoms with Gasteiger partial charge in [-0.25, -0.2) is 4.98 Å². The third kappa shape index (κ3) is 2.65. The van der Waals surface area contributed by atoms with E-state index in [2.05, 4.69) is 39.4 Å². The average molecular weight is 404 g/mol. The van der Waals surface area contributed by atoms with Crippen LogP contribution >= 0.6 is 0 Å². The highest BCUT2D eigenvalue weighted by Gasteiger charge is 2.52. The molecule has 3 aromatic rings. The molecule has 1 saturated heterocycles. The maximum Gasteiger partial charge on any atom is 0.215 e. The summed E-state index contributed by atoms with van der Waals surface area (Å²) in [6, 6.07) is 8.95. The molecule has 4 heteroatoms. The normalized spacial score (nSPS) is 33.8. The Balaban J connectivity index is 1.29. The Bertz CT molecular complexity index is 1050. The number of imidazole rings is 2. The standard InChI is InChI=1S/C26H34N4/c1-4-8-28(9-5-1)10-11-29-22-6-2-3-7-23(22)30-18-24(27-25(29)30)26-15-19-12-20(16-26)14-21(13-19)17-26/h2-3,6-7,18-21H,1,4-5,8-17H2/p+1. The molecule has 0 atom stereocenters. The summed E-state index contributed by atoms with van der Waals surface area (Å²) < 4.78 is 4.95. The number of fused-ring (bicyclic) bond motifs is 3. The molecule has 4 aliphatic carbocycles. The van der Waals surface area contributed by atoms with Crippen molar-refractivity contribution in [1.29, 1.82) is 0 Å². The second-order valence-electron chi connectivity index (χ2n) is 11.2. The summed E-state index contributed by atoms with van der Waals surface area (Å²) in [5.74, 6) is 4.11. The molecule has 1 aliphatic heterocycles. The van der Waals surface area contributed by atoms with E-state index in [4.69, 9.17) is 4.98 Å². The smallest absolute Gasteiger partial charge is 0.215 e. The number of hydrogen-bond donors (Lipinski definition) is 1. The molecule has 30 heavy (non-hydrogen) atoms. The van der Waals surface area contributed by atoms with Crippen molar-refractivity contribution in [3.05, 3.63) is 36.2 Å². The summed E-state index contributed by atoms with van der Waals surface area (Å²) in [5, 5.41) is 0. The van der Waals surface area contributed by atoms with Gasteiger partial charge in [0.25, 0.3) is 0 Å². The van der Waals surface area contributed by atoms with Crippen molar-refractivity contribution in [3.63, 3.8) is 0 Å². The first-order valence-electron chi connectivity index (χ1n) is 12.6. The van der Waals surface area contributed by atoms with Gasteiger partial charge < -0.3 is 9.47 Å². The quantitative estimate of drug-likeness (QED) is 0.704. The number of rotatable bonds is 4. The number of aromatic nitrogens is 3. The van der Waals surface area contributed by atoms with Gasteiger partial charge in [0.2, 0.25) is 5.78 Å². The molecule has 4 saturated carbocycles. The van der Waals surface area contributed by atoms with Gasteiger partial charge in [-0.1, -0.05) is 12.1 Å². The fourth-order valence-corrected chi connectivity index (χ4v) is 8.21. The highest BCUT2D eigenvalue weighted by molar-refractivity contribution is 5.81. The van der Waals surface area contributed by atoms with Gasteiger partial charge in [-0.05, 0) is 87.7 Å². The van der Waals surface area contributed by atoms with Crippen molar-refractivity contribution >= 4 is 16.8 Å². The summed E-state index contributed by atoms with van der Waals surface area (Å²) in [5.41, 5.74) is 4.49. The third-order valence-corrected chi connectivity index (χ3v) is 9.19. The van der Waals surface area contributed by atoms with E-state index in [-0.39, 0.29) is 0 Å². The molecule has 0 spiro atoms. The number of para-hydroxylation sites is 2. The van der Waals surface area contributed by atoms with Crippen LogP contribution in [-0.4, -0.2) is 33.6 Å². The van der Waals surface area contributed by atoms with E-state index in [9.17, 15) is 0 Å². The van der Waals surface area contributed by atoms with E-state index in [1.54, 1.807) is 4.90 Å². The van der Waals surface area contributed by atoms with Crippen molar-refractivity contribution in [2.75, 3.05) is 19.6 Å². The first kappa shape index (κ1) is 17.8. The lowest BCUT2D eigenvalue weighted by Gasteiger charge is -2.56. The maximum atomic E-state index is 5.42. The summed E-state index contributed by atoms with van der Waals surface area (Å²) in [7, 11) is 0. The lowest BCUT2D eigenvalue weighted by Crippen LogP contribution is -3.13. The predicted molar refractivity (Wildman–Crippen MR) is 120 cm³/mol. The van der Waals surface area contributed by atoms with Gasteiger partial charge in [-0.3, -0.25) is 4.40 Å². The average Bonchev–Trinajstić information content (AvgIpc) is 3.31. The Kier molecular flexibility index (Phi) is 3.92. The van der Waals surface area contributed by atoms with E-state index >= 15 is 0 Å². The van der Waals surface area contributed by atoms with Crippen LogP contribution in [0.15, 0.2) is 30.5 Å². The molecular formula is C26H35N4+. The van der Waals surface area contributed by atoms with Crippen molar-refractivity contribution in [3.8, 4) is 0 Å². The molecule has 0 unspecified atom stereocenters. The first-order chi connectivity index (χ1) is 14.8. The SMILES string of the molecule is c1ccc2c(c1)n(CC[NH+]1CCCCC1)c1nc(C34CC5CC(CC(C5)C3)C4)cn21. The molecule has 0 amide bonds. The molecule has 5 fully saturated rings. The maximum absolute atomic E-state index is 5.42. The van der Waals surface area contributed by atoms with Gasteiger partial charge >= 0.3 is 0 Å². The Morgan fingerprint density at radius 1 is 0.900 bits per heavy atom. The minimum Gasteiger partial charge on any atom is -0.333 e. The zero-order chi connectivity index (χ0) is 19.7. The van der Waals surface area contributed by atoms with Crippen LogP contribution in [0.3, 0.4) is 0 Å². The second-order valence-corrected chi connectivity index (χ2v) is 11.2. The molecule has 1 aromatic carbocycles. The molecule has 8 rings (SSSR count). The molecule has 158 valence electrons. The number of nitrogens with zero attached hydrogens (tertiary/aromatic N) is 3. The minimum absolute atomic E-state index is 0.380. The fourth-order valence-electron chi connectivity index (χ4n) is 8.21. The molecule has 5 aliphatic rings. The minimum atomic E-state index is 0.380. The van der Waals surface area contributed by atoms with E-state index in [1.165, 1.54) is 99.9 Å². The van der Waals surface area contributed by atoms with Crippen LogP contribution in [0.1, 0.15) is 63.5 Å². The zero-order valence-electron chi connectivity index (χ0n) is 18.2. The van der Waals surface area contributed by atoms with Crippen molar-refractivity contribution in [1.82, 2.24) is 14.0 Å². The van der Waals surface area contributed by atoms with Crippen LogP contribution in [0, 0.1) is 17.8 Å². The highest BCUT2D eigenvalue weighted by Crippen LogP contribution is 2.60. The molecular weight excluding hydrogens is 368 g/mol. The first-order valence-corrected chi connectivity index (χ1v) is 12.6. The molecule has 4 bridgehead atoms. The summed E-state index contributed by atoms with van der Waals surface area (Å²) >= 11 is 0. The van der Waals surface area contributed by atoms with Crippen LogP contribution in [0.2, 0.25) is 0 Å². The summed E-state index contributed by atoms with van der Waals surface area (Å²) in [6.07, 6.45) is 15.4. The Morgan fingerprint density at radius 2 is 1.57 bits per heavy atom. The Hall–Kier alpha value is -1.81. The van der Waals surface area contributed by atoms with Crippen LogP contribution in [0.4, 0.5) is 0 Å². The van der Waals surface area contributed by atoms with Gasteiger partial charge in [0.05, 0.1) is 42.9 Å². The van der Waals surface area contributed by atoms with Gasteiger partial charge in [-0.15, -0.1) is 0 Å². The van der Waals surface area contributed by atoms with E-state index < -0.39 is 0 Å². The summed E-state index contributed by atoms with van der Waals surface area (Å²) in [4.78, 5) is 7.20. The Labute approximate surface area is 179 Å². The summed E-state index contributed by atoms with van der Waals surface area (Å²) in [6.45, 7) is 5.02. The van der Waals surface area contributed by atoms with Crippen LogP contribution < -0.4 is 4.90 Å². The second kappa shape index (κ2) is 6.59. The third-order valence-electron chi connectivity index (χ3n) is 9.19. The van der Waals surface area contributed by atoms with E-state index in [1.807, 2.05) is 0 Å². The molecule has 2 aromatic heterocycles. The monoisotopic (exact) mass is 403 g/mol. The van der Waals surface area contributed by atoms with Crippen LogP contribution in [0.25, 0.3) is 16.8 Å². The highest BCUT2D eigenvalue weighted by atomic mass is 15.2. The van der Waals surface area contributed by atoms with Crippen molar-refractivity contribution in [2.24, 2.45) is 17.8 Å². The van der Waals surface area contributed by atoms with Gasteiger partial charge in [-0.2, -0.15) is 0 Å².